The first kappa shape index (κ1) is 16.7. The molecular formula is C15H19N5O4S. The summed E-state index contributed by atoms with van der Waals surface area (Å²) in [5, 5.41) is 34.9. The minimum Gasteiger partial charge on any atom is -0.394 e. The number of ether oxygens (including phenoxy) is 1. The largest absolute Gasteiger partial charge is 0.394 e. The maximum Gasteiger partial charge on any atom is 0.191 e. The number of anilines is 1. The van der Waals surface area contributed by atoms with Gasteiger partial charge in [0.1, 0.15) is 23.6 Å². The van der Waals surface area contributed by atoms with Gasteiger partial charge in [0.25, 0.3) is 0 Å². The van der Waals surface area contributed by atoms with Crippen LogP contribution in [0.1, 0.15) is 13.2 Å². The molecule has 4 atom stereocenters. The third-order valence-electron chi connectivity index (χ3n) is 4.59. The molecule has 2 aliphatic heterocycles. The summed E-state index contributed by atoms with van der Waals surface area (Å²) >= 11 is 1.40. The van der Waals surface area contributed by atoms with E-state index in [1.165, 1.54) is 18.7 Å². The lowest BCUT2D eigenvalue weighted by atomic mass is 9.96. The molecule has 4 N–H and O–H groups in total. The second kappa shape index (κ2) is 5.92. The highest BCUT2D eigenvalue weighted by Crippen LogP contribution is 2.43. The smallest absolute Gasteiger partial charge is 0.191 e. The van der Waals surface area contributed by atoms with Crippen molar-refractivity contribution in [1.29, 1.82) is 0 Å². The molecule has 25 heavy (non-hydrogen) atoms. The molecule has 0 amide bonds. The van der Waals surface area contributed by atoms with Crippen LogP contribution in [0.5, 0.6) is 0 Å². The average molecular weight is 365 g/mol. The van der Waals surface area contributed by atoms with E-state index in [0.29, 0.717) is 28.9 Å². The normalized spacial score (nSPS) is 31.3. The number of aliphatic imine (C=N–C) groups is 1. The van der Waals surface area contributed by atoms with Crippen LogP contribution in [0.25, 0.3) is 11.0 Å². The Balaban J connectivity index is 1.93. The van der Waals surface area contributed by atoms with Crippen molar-refractivity contribution in [3.05, 3.63) is 6.20 Å². The molecule has 10 heteroatoms. The molecule has 134 valence electrons. The molecule has 0 saturated carbocycles. The maximum absolute atomic E-state index is 10.8. The Morgan fingerprint density at radius 2 is 2.28 bits per heavy atom. The number of aliphatic hydroxyl groups is 3. The van der Waals surface area contributed by atoms with Crippen molar-refractivity contribution in [2.24, 2.45) is 4.99 Å². The van der Waals surface area contributed by atoms with Crippen LogP contribution in [-0.2, 0) is 4.74 Å². The van der Waals surface area contributed by atoms with E-state index in [2.05, 4.69) is 20.3 Å². The first-order chi connectivity index (χ1) is 12.0. The zero-order valence-corrected chi connectivity index (χ0v) is 14.6. The van der Waals surface area contributed by atoms with Gasteiger partial charge in [0.2, 0.25) is 0 Å². The Morgan fingerprint density at radius 1 is 1.48 bits per heavy atom. The summed E-state index contributed by atoms with van der Waals surface area (Å²) in [6.07, 6.45) is 2.32. The molecule has 9 nitrogen and oxygen atoms in total. The van der Waals surface area contributed by atoms with E-state index in [0.717, 1.165) is 5.39 Å². The summed E-state index contributed by atoms with van der Waals surface area (Å²) in [5.74, 6) is 0.664. The van der Waals surface area contributed by atoms with Crippen molar-refractivity contribution in [1.82, 2.24) is 14.5 Å². The van der Waals surface area contributed by atoms with Crippen LogP contribution < -0.4 is 5.32 Å². The molecular weight excluding hydrogens is 346 g/mol. The standard InChI is InChI=1S/C15H19N5O4S/c1-15(23)10(22)8(6-21)24-13(15)20-5-7-9-11(17-4-3-16-7)18-14(25-2)19-12(9)20/h3,5,8,10,13,21-23H,4,6H2,1-2H3,(H,17,18,19)/t8-,10-,13?,15+/m1/s1. The summed E-state index contributed by atoms with van der Waals surface area (Å²) in [6, 6.07) is 0. The van der Waals surface area contributed by atoms with Crippen LogP contribution in [0, 0.1) is 0 Å². The van der Waals surface area contributed by atoms with Crippen LogP contribution >= 0.6 is 11.8 Å². The van der Waals surface area contributed by atoms with Crippen LogP contribution in [0.3, 0.4) is 0 Å². The molecule has 4 rings (SSSR count). The molecule has 2 aliphatic rings. The first-order valence-corrected chi connectivity index (χ1v) is 9.09. The monoisotopic (exact) mass is 365 g/mol. The number of nitrogens with zero attached hydrogens (tertiary/aromatic N) is 4. The van der Waals surface area contributed by atoms with Crippen molar-refractivity contribution < 1.29 is 20.1 Å². The highest BCUT2D eigenvalue weighted by Gasteiger charge is 2.53. The lowest BCUT2D eigenvalue weighted by Crippen LogP contribution is -2.44. The summed E-state index contributed by atoms with van der Waals surface area (Å²) < 4.78 is 7.38. The Bertz CT molecular complexity index is 852. The van der Waals surface area contributed by atoms with Gasteiger partial charge in [0.15, 0.2) is 17.0 Å². The quantitative estimate of drug-likeness (QED) is 0.452. The number of thioether (sulfide) groups is 1. The molecule has 1 unspecified atom stereocenters. The van der Waals surface area contributed by atoms with Gasteiger partial charge in [-0.1, -0.05) is 11.8 Å². The summed E-state index contributed by atoms with van der Waals surface area (Å²) in [5.41, 5.74) is -0.390. The van der Waals surface area contributed by atoms with Gasteiger partial charge in [-0.05, 0) is 13.2 Å². The molecule has 0 aliphatic carbocycles. The second-order valence-corrected chi connectivity index (χ2v) is 7.03. The predicted molar refractivity (Wildman–Crippen MR) is 93.6 cm³/mol. The van der Waals surface area contributed by atoms with Gasteiger partial charge in [-0.15, -0.1) is 0 Å². The lowest BCUT2D eigenvalue weighted by Gasteiger charge is -2.27. The van der Waals surface area contributed by atoms with Crippen molar-refractivity contribution >= 4 is 40.5 Å². The van der Waals surface area contributed by atoms with Crippen molar-refractivity contribution in [3.63, 3.8) is 0 Å². The van der Waals surface area contributed by atoms with E-state index >= 15 is 0 Å². The SMILES string of the molecule is CSc1nc2c3c(cn(C4O[C@H](CO)[C@@H](O)[C@]4(C)O)c3n1)N=CCN2. The third-order valence-corrected chi connectivity index (χ3v) is 5.14. The summed E-state index contributed by atoms with van der Waals surface area (Å²) in [4.78, 5) is 13.5. The fourth-order valence-electron chi connectivity index (χ4n) is 3.28. The van der Waals surface area contributed by atoms with Crippen molar-refractivity contribution in [2.75, 3.05) is 24.7 Å². The van der Waals surface area contributed by atoms with Gasteiger partial charge >= 0.3 is 0 Å². The number of rotatable bonds is 3. The number of hydrogen-bond acceptors (Lipinski definition) is 9. The number of nitrogens with one attached hydrogen (secondary N) is 1. The lowest BCUT2D eigenvalue weighted by molar-refractivity contribution is -0.0948. The van der Waals surface area contributed by atoms with Crippen molar-refractivity contribution in [3.8, 4) is 0 Å². The van der Waals surface area contributed by atoms with E-state index in [4.69, 9.17) is 4.74 Å². The molecule has 1 fully saturated rings. The molecule has 0 radical (unpaired) electrons. The minimum absolute atomic E-state index is 0.393. The molecule has 1 saturated heterocycles. The third kappa shape index (κ3) is 2.44. The molecule has 4 heterocycles. The Labute approximate surface area is 147 Å². The van der Waals surface area contributed by atoms with Crippen LogP contribution in [0.15, 0.2) is 16.3 Å². The fraction of sp³-hybridized carbons (Fsp3) is 0.533. The summed E-state index contributed by atoms with van der Waals surface area (Å²) in [7, 11) is 0. The molecule has 0 aromatic carbocycles. The molecule has 2 aromatic heterocycles. The van der Waals surface area contributed by atoms with Gasteiger partial charge in [-0.2, -0.15) is 0 Å². The Kier molecular flexibility index (Phi) is 3.96. The van der Waals surface area contributed by atoms with Gasteiger partial charge < -0.3 is 29.9 Å². The van der Waals surface area contributed by atoms with Crippen LogP contribution in [0.2, 0.25) is 0 Å². The first-order valence-electron chi connectivity index (χ1n) is 7.87. The van der Waals surface area contributed by atoms with E-state index in [1.54, 1.807) is 17.0 Å². The highest BCUT2D eigenvalue weighted by atomic mass is 32.2. The topological polar surface area (TPSA) is 125 Å². The average Bonchev–Trinajstić information content (AvgIpc) is 2.96. The number of hydrogen-bond donors (Lipinski definition) is 4. The summed E-state index contributed by atoms with van der Waals surface area (Å²) in [6.45, 7) is 1.64. The van der Waals surface area contributed by atoms with Crippen LogP contribution in [0.4, 0.5) is 11.5 Å². The zero-order valence-electron chi connectivity index (χ0n) is 13.7. The second-order valence-electron chi connectivity index (χ2n) is 6.25. The van der Waals surface area contributed by atoms with E-state index in [-0.39, 0.29) is 0 Å². The fourth-order valence-corrected chi connectivity index (χ4v) is 3.64. The Morgan fingerprint density at radius 3 is 2.96 bits per heavy atom. The number of aliphatic hydroxyl groups excluding tert-OH is 2. The highest BCUT2D eigenvalue weighted by molar-refractivity contribution is 7.98. The zero-order chi connectivity index (χ0) is 17.8. The van der Waals surface area contributed by atoms with Gasteiger partial charge in [-0.3, -0.25) is 4.99 Å². The molecule has 0 bridgehead atoms. The van der Waals surface area contributed by atoms with E-state index in [9.17, 15) is 15.3 Å². The number of aromatic nitrogens is 3. The van der Waals surface area contributed by atoms with Gasteiger partial charge in [-0.25, -0.2) is 9.97 Å². The van der Waals surface area contributed by atoms with Crippen molar-refractivity contribution in [2.45, 2.75) is 36.1 Å². The predicted octanol–water partition coefficient (Wildman–Crippen LogP) is 0.283. The van der Waals surface area contributed by atoms with Gasteiger partial charge in [0, 0.05) is 12.4 Å². The Hall–Kier alpha value is -1.72. The van der Waals surface area contributed by atoms with Gasteiger partial charge in [0.05, 0.1) is 24.2 Å². The molecule has 0 spiro atoms. The minimum atomic E-state index is -1.59. The van der Waals surface area contributed by atoms with E-state index < -0.39 is 30.6 Å². The van der Waals surface area contributed by atoms with Crippen LogP contribution in [-0.4, -0.2) is 73.3 Å². The van der Waals surface area contributed by atoms with E-state index in [1.807, 2.05) is 6.26 Å². The maximum atomic E-state index is 10.8. The molecule has 2 aromatic rings.